The van der Waals surface area contributed by atoms with E-state index in [1.54, 1.807) is 0 Å². The van der Waals surface area contributed by atoms with Gasteiger partial charge in [-0.1, -0.05) is 0 Å². The number of nitrogens with zero attached hydrogens (tertiary/aromatic N) is 2. The van der Waals surface area contributed by atoms with E-state index in [9.17, 15) is 17.2 Å². The fraction of sp³-hybridized carbons (Fsp3) is 0.0833. The van der Waals surface area contributed by atoms with Gasteiger partial charge in [-0.25, -0.2) is 17.2 Å². The van der Waals surface area contributed by atoms with Gasteiger partial charge in [0, 0.05) is 18.9 Å². The molecule has 0 saturated heterocycles. The van der Waals surface area contributed by atoms with E-state index in [4.69, 9.17) is 5.73 Å². The van der Waals surface area contributed by atoms with E-state index in [1.165, 1.54) is 31.6 Å². The van der Waals surface area contributed by atoms with Gasteiger partial charge in [0.25, 0.3) is 10.0 Å². The highest BCUT2D eigenvalue weighted by molar-refractivity contribution is 7.92. The Kier molecular flexibility index (Phi) is 3.58. The minimum Gasteiger partial charge on any atom is -0.399 e. The lowest BCUT2D eigenvalue weighted by molar-refractivity contribution is 0.485. The fourth-order valence-electron chi connectivity index (χ4n) is 1.60. The zero-order valence-corrected chi connectivity index (χ0v) is 11.2. The molecule has 1 aromatic heterocycles. The van der Waals surface area contributed by atoms with Gasteiger partial charge in [-0.3, -0.25) is 9.29 Å². The van der Waals surface area contributed by atoms with Gasteiger partial charge in [0.05, 0.1) is 11.9 Å². The second-order valence-corrected chi connectivity index (χ2v) is 5.94. The quantitative estimate of drug-likeness (QED) is 0.876. The molecule has 2 aromatic rings. The smallest absolute Gasteiger partial charge is 0.267 e. The molecular formula is C12H11F2N3O2S. The van der Waals surface area contributed by atoms with Crippen LogP contribution in [0.25, 0.3) is 0 Å². The topological polar surface area (TPSA) is 76.3 Å². The summed E-state index contributed by atoms with van der Waals surface area (Å²) >= 11 is 0. The van der Waals surface area contributed by atoms with Gasteiger partial charge in [-0.2, -0.15) is 0 Å². The Labute approximate surface area is 114 Å². The van der Waals surface area contributed by atoms with Crippen molar-refractivity contribution in [2.75, 3.05) is 17.1 Å². The number of nitrogen functional groups attached to an aromatic ring is 1. The summed E-state index contributed by atoms with van der Waals surface area (Å²) in [7, 11) is -3.05. The summed E-state index contributed by atoms with van der Waals surface area (Å²) in [5.74, 6) is -2.78. The Morgan fingerprint density at radius 3 is 2.60 bits per heavy atom. The highest BCUT2D eigenvalue weighted by Crippen LogP contribution is 2.26. The van der Waals surface area contributed by atoms with Crippen LogP contribution in [0.2, 0.25) is 0 Å². The molecule has 0 unspecified atom stereocenters. The van der Waals surface area contributed by atoms with Crippen LogP contribution < -0.4 is 10.0 Å². The number of rotatable bonds is 3. The van der Waals surface area contributed by atoms with Gasteiger partial charge in [-0.05, 0) is 24.3 Å². The molecule has 106 valence electrons. The summed E-state index contributed by atoms with van der Waals surface area (Å²) in [6, 6.07) is 4.60. The highest BCUT2D eigenvalue weighted by Gasteiger charge is 2.27. The number of nitrogens with two attached hydrogens (primary N) is 1. The highest BCUT2D eigenvalue weighted by atomic mass is 32.2. The van der Waals surface area contributed by atoms with Gasteiger partial charge < -0.3 is 5.73 Å². The van der Waals surface area contributed by atoms with Crippen molar-refractivity contribution < 1.29 is 17.2 Å². The van der Waals surface area contributed by atoms with E-state index in [0.29, 0.717) is 0 Å². The second-order valence-electron chi connectivity index (χ2n) is 4.00. The number of aromatic nitrogens is 1. The molecule has 0 bridgehead atoms. The van der Waals surface area contributed by atoms with E-state index in [-0.39, 0.29) is 11.4 Å². The molecule has 0 aliphatic heterocycles. The molecule has 2 N–H and O–H groups in total. The van der Waals surface area contributed by atoms with Gasteiger partial charge in [0.2, 0.25) is 0 Å². The monoisotopic (exact) mass is 299 g/mol. The van der Waals surface area contributed by atoms with Crippen molar-refractivity contribution in [2.45, 2.75) is 4.90 Å². The number of anilines is 2. The largest absolute Gasteiger partial charge is 0.399 e. The van der Waals surface area contributed by atoms with E-state index in [1.807, 2.05) is 0 Å². The standard InChI is InChI=1S/C12H11F2N3O2S/c1-17(9-3-2-4-16-7-9)20(18,19)11-6-8(15)5-10(13)12(11)14/h2-7H,15H2,1H3. The van der Waals surface area contributed by atoms with Crippen LogP contribution in [0.3, 0.4) is 0 Å². The van der Waals surface area contributed by atoms with E-state index >= 15 is 0 Å². The van der Waals surface area contributed by atoms with Crippen molar-refractivity contribution in [1.29, 1.82) is 0 Å². The van der Waals surface area contributed by atoms with Crippen LogP contribution in [-0.2, 0) is 10.0 Å². The average Bonchev–Trinajstić information content (AvgIpc) is 2.42. The van der Waals surface area contributed by atoms with Crippen LogP contribution in [0.15, 0.2) is 41.6 Å². The maximum atomic E-state index is 13.7. The summed E-state index contributed by atoms with van der Waals surface area (Å²) in [6.07, 6.45) is 2.75. The number of benzene rings is 1. The van der Waals surface area contributed by atoms with E-state index in [0.717, 1.165) is 16.4 Å². The normalized spacial score (nSPS) is 11.3. The van der Waals surface area contributed by atoms with Crippen LogP contribution in [-0.4, -0.2) is 20.4 Å². The molecule has 0 spiro atoms. The van der Waals surface area contributed by atoms with Crippen molar-refractivity contribution in [2.24, 2.45) is 0 Å². The van der Waals surface area contributed by atoms with Crippen molar-refractivity contribution >= 4 is 21.4 Å². The molecule has 1 aromatic carbocycles. The van der Waals surface area contributed by atoms with E-state index in [2.05, 4.69) is 4.98 Å². The Morgan fingerprint density at radius 1 is 1.30 bits per heavy atom. The van der Waals surface area contributed by atoms with Crippen LogP contribution in [0, 0.1) is 11.6 Å². The molecule has 20 heavy (non-hydrogen) atoms. The molecule has 0 fully saturated rings. The van der Waals surface area contributed by atoms with Crippen molar-refractivity contribution in [3.8, 4) is 0 Å². The predicted octanol–water partition coefficient (Wildman–Crippen LogP) is 1.77. The average molecular weight is 299 g/mol. The molecule has 0 radical (unpaired) electrons. The Bertz CT molecular complexity index is 736. The van der Waals surface area contributed by atoms with E-state index < -0.39 is 26.6 Å². The van der Waals surface area contributed by atoms with Crippen molar-refractivity contribution in [1.82, 2.24) is 4.98 Å². The third kappa shape index (κ3) is 2.42. The van der Waals surface area contributed by atoms with Crippen LogP contribution in [0.1, 0.15) is 0 Å². The first kappa shape index (κ1) is 14.2. The number of sulfonamides is 1. The van der Waals surface area contributed by atoms with Crippen LogP contribution in [0.4, 0.5) is 20.2 Å². The summed E-state index contributed by atoms with van der Waals surface area (Å²) in [4.78, 5) is 2.95. The molecule has 5 nitrogen and oxygen atoms in total. The number of hydrogen-bond donors (Lipinski definition) is 1. The zero-order valence-electron chi connectivity index (χ0n) is 10.4. The molecule has 8 heteroatoms. The van der Waals surface area contributed by atoms with Gasteiger partial charge in [0.15, 0.2) is 11.6 Å². The summed E-state index contributed by atoms with van der Waals surface area (Å²) in [5, 5.41) is 0. The van der Waals surface area contributed by atoms with Gasteiger partial charge in [0.1, 0.15) is 4.90 Å². The first-order valence-electron chi connectivity index (χ1n) is 5.47. The van der Waals surface area contributed by atoms with Crippen LogP contribution >= 0.6 is 0 Å². The summed E-state index contributed by atoms with van der Waals surface area (Å²) in [6.45, 7) is 0. The molecule has 1 heterocycles. The molecule has 0 aliphatic carbocycles. The Hall–Kier alpha value is -2.22. The lowest BCUT2D eigenvalue weighted by Crippen LogP contribution is -2.27. The summed E-state index contributed by atoms with van der Waals surface area (Å²) < 4.78 is 52.4. The fourth-order valence-corrected chi connectivity index (χ4v) is 2.89. The van der Waals surface area contributed by atoms with Gasteiger partial charge in [-0.15, -0.1) is 0 Å². The molecule has 2 rings (SSSR count). The Balaban J connectivity index is 2.57. The first-order valence-corrected chi connectivity index (χ1v) is 6.91. The molecule has 0 amide bonds. The van der Waals surface area contributed by atoms with Crippen LogP contribution in [0.5, 0.6) is 0 Å². The zero-order chi connectivity index (χ0) is 14.9. The number of hydrogen-bond acceptors (Lipinski definition) is 4. The van der Waals surface area contributed by atoms with Gasteiger partial charge >= 0.3 is 0 Å². The summed E-state index contributed by atoms with van der Waals surface area (Å²) in [5.41, 5.74) is 5.40. The van der Waals surface area contributed by atoms with Crippen molar-refractivity contribution in [3.63, 3.8) is 0 Å². The number of pyridine rings is 1. The maximum absolute atomic E-state index is 13.7. The van der Waals surface area contributed by atoms with Crippen molar-refractivity contribution in [3.05, 3.63) is 48.3 Å². The predicted molar refractivity (Wildman–Crippen MR) is 70.6 cm³/mol. The maximum Gasteiger partial charge on any atom is 0.267 e. The first-order chi connectivity index (χ1) is 9.34. The lowest BCUT2D eigenvalue weighted by Gasteiger charge is -2.19. The minimum atomic E-state index is -4.27. The third-order valence-corrected chi connectivity index (χ3v) is 4.45. The molecule has 0 aliphatic rings. The molecule has 0 saturated carbocycles. The SMILES string of the molecule is CN(c1cccnc1)S(=O)(=O)c1cc(N)cc(F)c1F. The third-order valence-electron chi connectivity index (χ3n) is 2.67. The lowest BCUT2D eigenvalue weighted by atomic mass is 10.3. The minimum absolute atomic E-state index is 0.179. The molecule has 0 atom stereocenters. The number of halogens is 2. The Morgan fingerprint density at radius 2 is 2.00 bits per heavy atom. The molecular weight excluding hydrogens is 288 g/mol. The second kappa shape index (κ2) is 5.04.